The van der Waals surface area contributed by atoms with Crippen LogP contribution in [0.15, 0.2) is 23.1 Å². The number of imidazole rings is 1. The van der Waals surface area contributed by atoms with E-state index in [9.17, 15) is 8.42 Å². The third kappa shape index (κ3) is 1.71. The molecule has 0 unspecified atom stereocenters. The Balaban J connectivity index is 2.74. The molecule has 0 spiro atoms. The molecule has 0 atom stereocenters. The van der Waals surface area contributed by atoms with Gasteiger partial charge in [-0.25, -0.2) is 13.4 Å². The Labute approximate surface area is 94.8 Å². The molecule has 16 heavy (non-hydrogen) atoms. The molecule has 0 saturated carbocycles. The van der Waals surface area contributed by atoms with Crippen molar-refractivity contribution in [3.05, 3.63) is 24.0 Å². The molecule has 86 valence electrons. The molecule has 0 N–H and O–H groups in total. The van der Waals surface area contributed by atoms with Gasteiger partial charge in [0.05, 0.1) is 15.9 Å². The second kappa shape index (κ2) is 3.59. The van der Waals surface area contributed by atoms with E-state index in [1.807, 2.05) is 19.9 Å². The first-order chi connectivity index (χ1) is 7.43. The van der Waals surface area contributed by atoms with Gasteiger partial charge in [-0.05, 0) is 32.0 Å². The number of nitrogens with zero attached hydrogens (tertiary/aromatic N) is 2. The lowest BCUT2D eigenvalue weighted by Crippen LogP contribution is -1.98. The van der Waals surface area contributed by atoms with Gasteiger partial charge >= 0.3 is 0 Å². The van der Waals surface area contributed by atoms with Crippen molar-refractivity contribution < 1.29 is 8.42 Å². The molecule has 2 aromatic rings. The van der Waals surface area contributed by atoms with E-state index < -0.39 is 9.84 Å². The number of aryl methyl sites for hydroxylation is 2. The SMILES string of the molecule is CCn1c(C)nc2cc(S(C)(=O)=O)ccc21. The van der Waals surface area contributed by atoms with Crippen LogP contribution in [0.3, 0.4) is 0 Å². The number of sulfone groups is 1. The second-order valence-corrected chi connectivity index (χ2v) is 5.84. The molecule has 1 aromatic heterocycles. The van der Waals surface area contributed by atoms with Crippen molar-refractivity contribution in [1.29, 1.82) is 0 Å². The van der Waals surface area contributed by atoms with Crippen LogP contribution in [-0.4, -0.2) is 24.2 Å². The van der Waals surface area contributed by atoms with E-state index in [0.29, 0.717) is 4.90 Å². The summed E-state index contributed by atoms with van der Waals surface area (Å²) >= 11 is 0. The normalized spacial score (nSPS) is 12.2. The minimum absolute atomic E-state index is 0.320. The summed E-state index contributed by atoms with van der Waals surface area (Å²) < 4.78 is 24.9. The lowest BCUT2D eigenvalue weighted by molar-refractivity contribution is 0.602. The third-order valence-electron chi connectivity index (χ3n) is 2.65. The van der Waals surface area contributed by atoms with E-state index in [4.69, 9.17) is 0 Å². The summed E-state index contributed by atoms with van der Waals surface area (Å²) in [7, 11) is -3.15. The van der Waals surface area contributed by atoms with Gasteiger partial charge in [0.15, 0.2) is 9.84 Å². The monoisotopic (exact) mass is 238 g/mol. The van der Waals surface area contributed by atoms with E-state index in [1.165, 1.54) is 6.26 Å². The average molecular weight is 238 g/mol. The predicted molar refractivity (Wildman–Crippen MR) is 63.3 cm³/mol. The first kappa shape index (κ1) is 11.1. The van der Waals surface area contributed by atoms with Crippen LogP contribution in [0, 0.1) is 6.92 Å². The maximum Gasteiger partial charge on any atom is 0.175 e. The highest BCUT2D eigenvalue weighted by atomic mass is 32.2. The average Bonchev–Trinajstić information content (AvgIpc) is 2.50. The summed E-state index contributed by atoms with van der Waals surface area (Å²) in [5.41, 5.74) is 1.72. The number of benzene rings is 1. The Morgan fingerprint density at radius 1 is 1.38 bits per heavy atom. The molecule has 1 heterocycles. The summed E-state index contributed by atoms with van der Waals surface area (Å²) in [4.78, 5) is 4.68. The zero-order chi connectivity index (χ0) is 11.9. The summed E-state index contributed by atoms with van der Waals surface area (Å²) in [5, 5.41) is 0. The van der Waals surface area contributed by atoms with E-state index >= 15 is 0 Å². The first-order valence-electron chi connectivity index (χ1n) is 5.10. The topological polar surface area (TPSA) is 52.0 Å². The van der Waals surface area contributed by atoms with Crippen LogP contribution in [0.2, 0.25) is 0 Å². The highest BCUT2D eigenvalue weighted by Crippen LogP contribution is 2.20. The van der Waals surface area contributed by atoms with Crippen LogP contribution in [0.25, 0.3) is 11.0 Å². The molecule has 0 fully saturated rings. The van der Waals surface area contributed by atoms with Crippen LogP contribution < -0.4 is 0 Å². The summed E-state index contributed by atoms with van der Waals surface area (Å²) in [6.45, 7) is 4.79. The lowest BCUT2D eigenvalue weighted by Gasteiger charge is -2.02. The number of hydrogen-bond acceptors (Lipinski definition) is 3. The number of aromatic nitrogens is 2. The largest absolute Gasteiger partial charge is 0.329 e. The summed E-state index contributed by atoms with van der Waals surface area (Å²) in [6, 6.07) is 5.07. The number of fused-ring (bicyclic) bond motifs is 1. The van der Waals surface area contributed by atoms with Crippen LogP contribution >= 0.6 is 0 Å². The Hall–Kier alpha value is -1.36. The van der Waals surface area contributed by atoms with Crippen LogP contribution in [-0.2, 0) is 16.4 Å². The molecule has 0 aliphatic carbocycles. The maximum atomic E-state index is 11.4. The highest BCUT2D eigenvalue weighted by Gasteiger charge is 2.11. The van der Waals surface area contributed by atoms with Gasteiger partial charge in [-0.1, -0.05) is 0 Å². The minimum atomic E-state index is -3.15. The third-order valence-corrected chi connectivity index (χ3v) is 3.77. The van der Waals surface area contributed by atoms with Gasteiger partial charge in [-0.2, -0.15) is 0 Å². The Morgan fingerprint density at radius 2 is 2.06 bits per heavy atom. The molecule has 2 rings (SSSR count). The number of hydrogen-bond donors (Lipinski definition) is 0. The first-order valence-corrected chi connectivity index (χ1v) is 6.99. The molecule has 0 bridgehead atoms. The smallest absolute Gasteiger partial charge is 0.175 e. The Morgan fingerprint density at radius 3 is 2.62 bits per heavy atom. The van der Waals surface area contributed by atoms with Gasteiger partial charge in [-0.3, -0.25) is 0 Å². The Kier molecular flexibility index (Phi) is 2.50. The molecule has 0 radical (unpaired) electrons. The fourth-order valence-electron chi connectivity index (χ4n) is 1.86. The van der Waals surface area contributed by atoms with E-state index in [0.717, 1.165) is 23.4 Å². The standard InChI is InChI=1S/C11H14N2O2S/c1-4-13-8(2)12-10-7-9(16(3,14)15)5-6-11(10)13/h5-7H,4H2,1-3H3. The van der Waals surface area contributed by atoms with Gasteiger partial charge < -0.3 is 4.57 Å². The molecule has 0 aliphatic heterocycles. The quantitative estimate of drug-likeness (QED) is 0.801. The Bertz CT molecular complexity index is 641. The summed E-state index contributed by atoms with van der Waals surface area (Å²) in [6.07, 6.45) is 1.21. The lowest BCUT2D eigenvalue weighted by atomic mass is 10.3. The van der Waals surface area contributed by atoms with Crippen molar-refractivity contribution >= 4 is 20.9 Å². The molecule has 4 nitrogen and oxygen atoms in total. The van der Waals surface area contributed by atoms with Crippen molar-refractivity contribution in [3.8, 4) is 0 Å². The van der Waals surface area contributed by atoms with Gasteiger partial charge in [-0.15, -0.1) is 0 Å². The van der Waals surface area contributed by atoms with Crippen molar-refractivity contribution in [1.82, 2.24) is 9.55 Å². The zero-order valence-corrected chi connectivity index (χ0v) is 10.4. The van der Waals surface area contributed by atoms with Crippen LogP contribution in [0.4, 0.5) is 0 Å². The predicted octanol–water partition coefficient (Wildman–Crippen LogP) is 1.77. The van der Waals surface area contributed by atoms with Crippen molar-refractivity contribution in [2.75, 3.05) is 6.26 Å². The minimum Gasteiger partial charge on any atom is -0.329 e. The summed E-state index contributed by atoms with van der Waals surface area (Å²) in [5.74, 6) is 0.906. The number of rotatable bonds is 2. The molecular weight excluding hydrogens is 224 g/mol. The van der Waals surface area contributed by atoms with Crippen molar-refractivity contribution in [2.24, 2.45) is 0 Å². The van der Waals surface area contributed by atoms with E-state index in [1.54, 1.807) is 12.1 Å². The van der Waals surface area contributed by atoms with Gasteiger partial charge in [0.25, 0.3) is 0 Å². The fourth-order valence-corrected chi connectivity index (χ4v) is 2.50. The second-order valence-electron chi connectivity index (χ2n) is 3.83. The maximum absolute atomic E-state index is 11.4. The van der Waals surface area contributed by atoms with Crippen LogP contribution in [0.5, 0.6) is 0 Å². The fraction of sp³-hybridized carbons (Fsp3) is 0.364. The zero-order valence-electron chi connectivity index (χ0n) is 9.56. The molecule has 0 aliphatic rings. The van der Waals surface area contributed by atoms with Crippen molar-refractivity contribution in [3.63, 3.8) is 0 Å². The van der Waals surface area contributed by atoms with E-state index in [2.05, 4.69) is 9.55 Å². The molecular formula is C11H14N2O2S. The van der Waals surface area contributed by atoms with Gasteiger partial charge in [0.2, 0.25) is 0 Å². The van der Waals surface area contributed by atoms with Gasteiger partial charge in [0, 0.05) is 12.8 Å². The van der Waals surface area contributed by atoms with Gasteiger partial charge in [0.1, 0.15) is 5.82 Å². The molecule has 1 aromatic carbocycles. The van der Waals surface area contributed by atoms with E-state index in [-0.39, 0.29) is 0 Å². The highest BCUT2D eigenvalue weighted by molar-refractivity contribution is 7.90. The van der Waals surface area contributed by atoms with Crippen molar-refractivity contribution in [2.45, 2.75) is 25.3 Å². The van der Waals surface area contributed by atoms with Crippen LogP contribution in [0.1, 0.15) is 12.7 Å². The molecule has 0 saturated heterocycles. The molecule has 5 heteroatoms. The molecule has 0 amide bonds.